The van der Waals surface area contributed by atoms with Crippen molar-refractivity contribution in [1.82, 2.24) is 10.3 Å². The molecule has 138 valence electrons. The van der Waals surface area contributed by atoms with Crippen LogP contribution < -0.4 is 15.5 Å². The summed E-state index contributed by atoms with van der Waals surface area (Å²) in [6.45, 7) is 5.14. The van der Waals surface area contributed by atoms with Crippen molar-refractivity contribution in [2.24, 2.45) is 0 Å². The SMILES string of the molecule is CCCCCNC(=O)c1cc(Nc2ccc(N3CCCC3)cc2)ccn1. The monoisotopic (exact) mass is 352 g/mol. The summed E-state index contributed by atoms with van der Waals surface area (Å²) in [5.41, 5.74) is 3.59. The van der Waals surface area contributed by atoms with E-state index in [4.69, 9.17) is 0 Å². The minimum Gasteiger partial charge on any atom is -0.372 e. The average Bonchev–Trinajstić information content (AvgIpc) is 3.21. The van der Waals surface area contributed by atoms with Gasteiger partial charge in [-0.1, -0.05) is 19.8 Å². The lowest BCUT2D eigenvalue weighted by atomic mass is 10.2. The van der Waals surface area contributed by atoms with Crippen LogP contribution in [-0.2, 0) is 0 Å². The van der Waals surface area contributed by atoms with Crippen LogP contribution in [0.15, 0.2) is 42.6 Å². The maximum absolute atomic E-state index is 12.2. The second-order valence-corrected chi connectivity index (χ2v) is 6.76. The molecule has 0 radical (unpaired) electrons. The van der Waals surface area contributed by atoms with Crippen LogP contribution in [0.5, 0.6) is 0 Å². The Morgan fingerprint density at radius 1 is 1.08 bits per heavy atom. The van der Waals surface area contributed by atoms with E-state index in [0.29, 0.717) is 12.2 Å². The van der Waals surface area contributed by atoms with Crippen molar-refractivity contribution in [2.75, 3.05) is 29.9 Å². The van der Waals surface area contributed by atoms with Crippen molar-refractivity contribution in [3.63, 3.8) is 0 Å². The van der Waals surface area contributed by atoms with Gasteiger partial charge in [-0.25, -0.2) is 0 Å². The number of rotatable bonds is 8. The first kappa shape index (κ1) is 18.2. The van der Waals surface area contributed by atoms with Crippen LogP contribution in [0, 0.1) is 0 Å². The van der Waals surface area contributed by atoms with E-state index in [2.05, 4.69) is 51.7 Å². The third-order valence-corrected chi connectivity index (χ3v) is 4.69. The third-order valence-electron chi connectivity index (χ3n) is 4.69. The van der Waals surface area contributed by atoms with E-state index in [0.717, 1.165) is 43.7 Å². The highest BCUT2D eigenvalue weighted by molar-refractivity contribution is 5.93. The number of anilines is 3. The minimum absolute atomic E-state index is 0.117. The molecule has 1 fully saturated rings. The van der Waals surface area contributed by atoms with Crippen LogP contribution in [0.2, 0.25) is 0 Å². The number of unbranched alkanes of at least 4 members (excludes halogenated alkanes) is 2. The zero-order valence-corrected chi connectivity index (χ0v) is 15.5. The number of aromatic nitrogens is 1. The molecule has 1 saturated heterocycles. The highest BCUT2D eigenvalue weighted by Crippen LogP contribution is 2.24. The Morgan fingerprint density at radius 3 is 2.58 bits per heavy atom. The molecule has 0 saturated carbocycles. The molecule has 2 aromatic rings. The predicted octanol–water partition coefficient (Wildman–Crippen LogP) is 4.35. The molecule has 0 aliphatic carbocycles. The van der Waals surface area contributed by atoms with Gasteiger partial charge in [0.25, 0.3) is 5.91 Å². The largest absolute Gasteiger partial charge is 0.372 e. The molecular formula is C21H28N4O. The van der Waals surface area contributed by atoms with Gasteiger partial charge in [0.05, 0.1) is 0 Å². The highest BCUT2D eigenvalue weighted by atomic mass is 16.1. The summed E-state index contributed by atoms with van der Waals surface area (Å²) in [5.74, 6) is -0.117. The Morgan fingerprint density at radius 2 is 1.85 bits per heavy atom. The zero-order valence-electron chi connectivity index (χ0n) is 15.5. The molecule has 0 unspecified atom stereocenters. The van der Waals surface area contributed by atoms with Gasteiger partial charge < -0.3 is 15.5 Å². The smallest absolute Gasteiger partial charge is 0.269 e. The Kier molecular flexibility index (Phi) is 6.47. The maximum atomic E-state index is 12.2. The van der Waals surface area contributed by atoms with Gasteiger partial charge in [-0.05, 0) is 55.7 Å². The van der Waals surface area contributed by atoms with Crippen LogP contribution in [-0.4, -0.2) is 30.5 Å². The molecule has 1 aromatic heterocycles. The van der Waals surface area contributed by atoms with Gasteiger partial charge in [-0.15, -0.1) is 0 Å². The Balaban J connectivity index is 1.58. The number of nitrogens with zero attached hydrogens (tertiary/aromatic N) is 2. The second-order valence-electron chi connectivity index (χ2n) is 6.76. The maximum Gasteiger partial charge on any atom is 0.269 e. The van der Waals surface area contributed by atoms with E-state index in [1.54, 1.807) is 12.3 Å². The first-order valence-corrected chi connectivity index (χ1v) is 9.62. The summed E-state index contributed by atoms with van der Waals surface area (Å²) >= 11 is 0. The van der Waals surface area contributed by atoms with Crippen molar-refractivity contribution in [1.29, 1.82) is 0 Å². The van der Waals surface area contributed by atoms with E-state index in [1.165, 1.54) is 18.5 Å². The number of pyridine rings is 1. The van der Waals surface area contributed by atoms with Crippen molar-refractivity contribution >= 4 is 23.0 Å². The number of benzene rings is 1. The molecule has 0 atom stereocenters. The van der Waals surface area contributed by atoms with E-state index in [1.807, 2.05) is 6.07 Å². The number of carbonyl (C=O) groups is 1. The van der Waals surface area contributed by atoms with E-state index in [9.17, 15) is 4.79 Å². The van der Waals surface area contributed by atoms with Crippen molar-refractivity contribution in [2.45, 2.75) is 39.0 Å². The molecule has 0 bridgehead atoms. The summed E-state index contributed by atoms with van der Waals surface area (Å²) in [6.07, 6.45) is 7.50. The minimum atomic E-state index is -0.117. The van der Waals surface area contributed by atoms with Crippen molar-refractivity contribution in [3.8, 4) is 0 Å². The topological polar surface area (TPSA) is 57.3 Å². The Hall–Kier alpha value is -2.56. The number of amides is 1. The number of hydrogen-bond donors (Lipinski definition) is 2. The lowest BCUT2D eigenvalue weighted by molar-refractivity contribution is 0.0948. The van der Waals surface area contributed by atoms with Gasteiger partial charge in [0.1, 0.15) is 5.69 Å². The fourth-order valence-electron chi connectivity index (χ4n) is 3.20. The molecule has 26 heavy (non-hydrogen) atoms. The van der Waals surface area contributed by atoms with Crippen LogP contribution in [0.25, 0.3) is 0 Å². The Bertz CT molecular complexity index is 708. The van der Waals surface area contributed by atoms with E-state index in [-0.39, 0.29) is 5.91 Å². The molecule has 1 amide bonds. The molecule has 5 nitrogen and oxygen atoms in total. The summed E-state index contributed by atoms with van der Waals surface area (Å²) in [4.78, 5) is 18.8. The summed E-state index contributed by atoms with van der Waals surface area (Å²) in [7, 11) is 0. The van der Waals surface area contributed by atoms with Gasteiger partial charge in [0.2, 0.25) is 0 Å². The summed E-state index contributed by atoms with van der Waals surface area (Å²) in [6, 6.07) is 12.1. The van der Waals surface area contributed by atoms with Gasteiger partial charge in [0, 0.05) is 42.9 Å². The first-order valence-electron chi connectivity index (χ1n) is 9.62. The average molecular weight is 352 g/mol. The molecular weight excluding hydrogens is 324 g/mol. The van der Waals surface area contributed by atoms with Crippen LogP contribution >= 0.6 is 0 Å². The van der Waals surface area contributed by atoms with Gasteiger partial charge in [-0.2, -0.15) is 0 Å². The fourth-order valence-corrected chi connectivity index (χ4v) is 3.20. The highest BCUT2D eigenvalue weighted by Gasteiger charge is 2.12. The molecule has 1 aliphatic heterocycles. The third kappa shape index (κ3) is 4.97. The second kappa shape index (κ2) is 9.22. The molecule has 1 aromatic carbocycles. The lowest BCUT2D eigenvalue weighted by Crippen LogP contribution is -2.25. The van der Waals surface area contributed by atoms with Gasteiger partial charge in [-0.3, -0.25) is 9.78 Å². The zero-order chi connectivity index (χ0) is 18.2. The normalized spacial score (nSPS) is 13.7. The summed E-state index contributed by atoms with van der Waals surface area (Å²) < 4.78 is 0. The quantitative estimate of drug-likeness (QED) is 0.694. The van der Waals surface area contributed by atoms with E-state index >= 15 is 0 Å². The molecule has 2 heterocycles. The molecule has 0 spiro atoms. The van der Waals surface area contributed by atoms with Crippen molar-refractivity contribution in [3.05, 3.63) is 48.3 Å². The molecule has 5 heteroatoms. The van der Waals surface area contributed by atoms with Crippen LogP contribution in [0.3, 0.4) is 0 Å². The predicted molar refractivity (Wildman–Crippen MR) is 107 cm³/mol. The fraction of sp³-hybridized carbons (Fsp3) is 0.429. The molecule has 2 N–H and O–H groups in total. The standard InChI is InChI=1S/C21H28N4O/c1-2-3-4-12-23-21(26)20-16-18(11-13-22-20)24-17-7-9-19(10-8-17)25-14-5-6-15-25/h7-11,13,16H,2-6,12,14-15H2,1H3,(H,22,24)(H,23,26). The summed E-state index contributed by atoms with van der Waals surface area (Å²) in [5, 5.41) is 6.28. The van der Waals surface area contributed by atoms with Crippen LogP contribution in [0.4, 0.5) is 17.1 Å². The Labute approximate surface area is 155 Å². The number of carbonyl (C=O) groups excluding carboxylic acids is 1. The number of nitrogens with one attached hydrogen (secondary N) is 2. The molecule has 1 aliphatic rings. The number of hydrogen-bond acceptors (Lipinski definition) is 4. The van der Waals surface area contributed by atoms with Gasteiger partial charge in [0.15, 0.2) is 0 Å². The van der Waals surface area contributed by atoms with Crippen molar-refractivity contribution < 1.29 is 4.79 Å². The van der Waals surface area contributed by atoms with Gasteiger partial charge >= 0.3 is 0 Å². The van der Waals surface area contributed by atoms with E-state index < -0.39 is 0 Å². The first-order chi connectivity index (χ1) is 12.8. The molecule has 3 rings (SSSR count). The van der Waals surface area contributed by atoms with Crippen LogP contribution in [0.1, 0.15) is 49.5 Å². The lowest BCUT2D eigenvalue weighted by Gasteiger charge is -2.18.